The van der Waals surface area contributed by atoms with E-state index in [0.29, 0.717) is 18.1 Å². The van der Waals surface area contributed by atoms with Crippen LogP contribution < -0.4 is 5.32 Å². The Morgan fingerprint density at radius 3 is 2.59 bits per heavy atom. The van der Waals surface area contributed by atoms with Gasteiger partial charge in [0.1, 0.15) is 0 Å². The zero-order chi connectivity index (χ0) is 12.7. The SMILES string of the molecule is CCC(CC)C(O)CNC1CCCC(OC)C1. The Morgan fingerprint density at radius 1 is 1.29 bits per heavy atom. The second-order valence-corrected chi connectivity index (χ2v) is 5.27. The topological polar surface area (TPSA) is 41.5 Å². The Labute approximate surface area is 106 Å². The lowest BCUT2D eigenvalue weighted by Gasteiger charge is -2.30. The summed E-state index contributed by atoms with van der Waals surface area (Å²) in [5.41, 5.74) is 0. The van der Waals surface area contributed by atoms with Crippen molar-refractivity contribution in [1.82, 2.24) is 5.32 Å². The summed E-state index contributed by atoms with van der Waals surface area (Å²) >= 11 is 0. The van der Waals surface area contributed by atoms with Gasteiger partial charge in [-0.15, -0.1) is 0 Å². The molecule has 0 bridgehead atoms. The number of ether oxygens (including phenoxy) is 1. The summed E-state index contributed by atoms with van der Waals surface area (Å²) in [5.74, 6) is 0.435. The van der Waals surface area contributed by atoms with Gasteiger partial charge in [0, 0.05) is 19.7 Å². The van der Waals surface area contributed by atoms with Gasteiger partial charge in [-0.2, -0.15) is 0 Å². The Kier molecular flexibility index (Phi) is 7.09. The van der Waals surface area contributed by atoms with Crippen molar-refractivity contribution in [3.05, 3.63) is 0 Å². The summed E-state index contributed by atoms with van der Waals surface area (Å²) in [6.45, 7) is 5.03. The van der Waals surface area contributed by atoms with E-state index in [0.717, 1.165) is 25.8 Å². The quantitative estimate of drug-likeness (QED) is 0.721. The van der Waals surface area contributed by atoms with Gasteiger partial charge in [-0.1, -0.05) is 26.7 Å². The minimum absolute atomic E-state index is 0.201. The van der Waals surface area contributed by atoms with Crippen molar-refractivity contribution in [1.29, 1.82) is 0 Å². The van der Waals surface area contributed by atoms with Crippen LogP contribution in [0.1, 0.15) is 52.4 Å². The van der Waals surface area contributed by atoms with Gasteiger partial charge < -0.3 is 15.2 Å². The Balaban J connectivity index is 2.25. The Bertz CT molecular complexity index is 195. The minimum Gasteiger partial charge on any atom is -0.392 e. The third-order valence-corrected chi connectivity index (χ3v) is 4.17. The van der Waals surface area contributed by atoms with Crippen molar-refractivity contribution >= 4 is 0 Å². The fraction of sp³-hybridized carbons (Fsp3) is 1.00. The van der Waals surface area contributed by atoms with Gasteiger partial charge in [0.15, 0.2) is 0 Å². The van der Waals surface area contributed by atoms with E-state index in [9.17, 15) is 5.11 Å². The number of methoxy groups -OCH3 is 1. The lowest BCUT2D eigenvalue weighted by atomic mass is 9.91. The van der Waals surface area contributed by atoms with Crippen molar-refractivity contribution < 1.29 is 9.84 Å². The number of aliphatic hydroxyl groups excluding tert-OH is 1. The summed E-state index contributed by atoms with van der Waals surface area (Å²) in [7, 11) is 1.80. The van der Waals surface area contributed by atoms with Gasteiger partial charge in [-0.3, -0.25) is 0 Å². The highest BCUT2D eigenvalue weighted by atomic mass is 16.5. The van der Waals surface area contributed by atoms with Gasteiger partial charge in [-0.25, -0.2) is 0 Å². The second kappa shape index (κ2) is 8.06. The normalized spacial score (nSPS) is 27.4. The lowest BCUT2D eigenvalue weighted by molar-refractivity contribution is 0.0511. The van der Waals surface area contributed by atoms with Gasteiger partial charge in [0.2, 0.25) is 0 Å². The van der Waals surface area contributed by atoms with Crippen molar-refractivity contribution in [3.8, 4) is 0 Å². The number of hydrogen-bond acceptors (Lipinski definition) is 3. The number of aliphatic hydroxyl groups is 1. The highest BCUT2D eigenvalue weighted by Gasteiger charge is 2.23. The molecule has 1 aliphatic carbocycles. The molecule has 0 aromatic heterocycles. The van der Waals surface area contributed by atoms with Gasteiger partial charge in [0.25, 0.3) is 0 Å². The fourth-order valence-electron chi connectivity index (χ4n) is 2.83. The van der Waals surface area contributed by atoms with Crippen molar-refractivity contribution in [2.75, 3.05) is 13.7 Å². The first kappa shape index (κ1) is 14.9. The molecule has 0 aromatic carbocycles. The molecule has 1 fully saturated rings. The first-order valence-corrected chi connectivity index (χ1v) is 7.15. The largest absolute Gasteiger partial charge is 0.392 e. The van der Waals surface area contributed by atoms with Crippen LogP contribution in [0.25, 0.3) is 0 Å². The maximum absolute atomic E-state index is 10.1. The van der Waals surface area contributed by atoms with E-state index in [4.69, 9.17) is 4.74 Å². The van der Waals surface area contributed by atoms with Crippen LogP contribution in [0.5, 0.6) is 0 Å². The van der Waals surface area contributed by atoms with Crippen LogP contribution in [0.2, 0.25) is 0 Å². The van der Waals surface area contributed by atoms with Crippen molar-refractivity contribution in [2.24, 2.45) is 5.92 Å². The second-order valence-electron chi connectivity index (χ2n) is 5.27. The van der Waals surface area contributed by atoms with Crippen LogP contribution in [-0.4, -0.2) is 37.0 Å². The van der Waals surface area contributed by atoms with Crippen molar-refractivity contribution in [2.45, 2.75) is 70.6 Å². The number of nitrogens with one attached hydrogen (secondary N) is 1. The molecule has 0 radical (unpaired) electrons. The standard InChI is InChI=1S/C14H29NO2/c1-4-11(5-2)14(16)10-15-12-7-6-8-13(9-12)17-3/h11-16H,4-10H2,1-3H3. The highest BCUT2D eigenvalue weighted by Crippen LogP contribution is 2.21. The van der Waals surface area contributed by atoms with Gasteiger partial charge in [0.05, 0.1) is 12.2 Å². The molecule has 1 saturated carbocycles. The van der Waals surface area contributed by atoms with E-state index < -0.39 is 0 Å². The molecule has 0 heterocycles. The van der Waals surface area contributed by atoms with Crippen LogP contribution in [0.15, 0.2) is 0 Å². The van der Waals surface area contributed by atoms with Gasteiger partial charge in [-0.05, 0) is 31.6 Å². The summed E-state index contributed by atoms with van der Waals surface area (Å²) < 4.78 is 5.42. The van der Waals surface area contributed by atoms with E-state index in [2.05, 4.69) is 19.2 Å². The van der Waals surface area contributed by atoms with Gasteiger partial charge >= 0.3 is 0 Å². The minimum atomic E-state index is -0.201. The Hall–Kier alpha value is -0.120. The molecule has 3 heteroatoms. The molecule has 0 saturated heterocycles. The molecule has 0 aliphatic heterocycles. The van der Waals surface area contributed by atoms with Crippen LogP contribution in [-0.2, 0) is 4.74 Å². The van der Waals surface area contributed by atoms with E-state index in [1.165, 1.54) is 19.3 Å². The maximum Gasteiger partial charge on any atom is 0.0692 e. The van der Waals surface area contributed by atoms with Crippen LogP contribution in [0.4, 0.5) is 0 Å². The molecule has 3 nitrogen and oxygen atoms in total. The summed E-state index contributed by atoms with van der Waals surface area (Å²) in [5, 5.41) is 13.6. The first-order valence-electron chi connectivity index (χ1n) is 7.15. The molecular weight excluding hydrogens is 214 g/mol. The summed E-state index contributed by atoms with van der Waals surface area (Å²) in [4.78, 5) is 0. The molecule has 0 amide bonds. The molecule has 102 valence electrons. The molecular formula is C14H29NO2. The first-order chi connectivity index (χ1) is 8.21. The predicted molar refractivity (Wildman–Crippen MR) is 71.1 cm³/mol. The monoisotopic (exact) mass is 243 g/mol. The average molecular weight is 243 g/mol. The molecule has 0 spiro atoms. The van der Waals surface area contributed by atoms with Crippen LogP contribution >= 0.6 is 0 Å². The lowest BCUT2D eigenvalue weighted by Crippen LogP contribution is -2.42. The average Bonchev–Trinajstić information content (AvgIpc) is 2.38. The van der Waals surface area contributed by atoms with E-state index >= 15 is 0 Å². The molecule has 3 unspecified atom stereocenters. The van der Waals surface area contributed by atoms with E-state index in [1.807, 2.05) is 0 Å². The molecule has 2 N–H and O–H groups in total. The molecule has 1 rings (SSSR count). The van der Waals surface area contributed by atoms with Crippen molar-refractivity contribution in [3.63, 3.8) is 0 Å². The molecule has 3 atom stereocenters. The number of hydrogen-bond donors (Lipinski definition) is 2. The summed E-state index contributed by atoms with van der Waals surface area (Å²) in [6, 6.07) is 0.526. The highest BCUT2D eigenvalue weighted by molar-refractivity contribution is 4.80. The summed E-state index contributed by atoms with van der Waals surface area (Å²) in [6.07, 6.45) is 7.05. The molecule has 0 aromatic rings. The zero-order valence-electron chi connectivity index (χ0n) is 11.6. The zero-order valence-corrected chi connectivity index (χ0v) is 11.6. The van der Waals surface area contributed by atoms with Crippen LogP contribution in [0, 0.1) is 5.92 Å². The molecule has 17 heavy (non-hydrogen) atoms. The fourth-order valence-corrected chi connectivity index (χ4v) is 2.83. The third kappa shape index (κ3) is 4.94. The smallest absolute Gasteiger partial charge is 0.0692 e. The van der Waals surface area contributed by atoms with E-state index in [1.54, 1.807) is 7.11 Å². The Morgan fingerprint density at radius 2 is 2.00 bits per heavy atom. The van der Waals surface area contributed by atoms with E-state index in [-0.39, 0.29) is 6.10 Å². The number of rotatable bonds is 7. The molecule has 1 aliphatic rings. The third-order valence-electron chi connectivity index (χ3n) is 4.17. The predicted octanol–water partition coefficient (Wildman–Crippen LogP) is 2.33. The maximum atomic E-state index is 10.1. The van der Waals surface area contributed by atoms with Crippen LogP contribution in [0.3, 0.4) is 0 Å².